The summed E-state index contributed by atoms with van der Waals surface area (Å²) >= 11 is 1.59. The highest BCUT2D eigenvalue weighted by molar-refractivity contribution is 7.16. The van der Waals surface area contributed by atoms with Crippen LogP contribution in [0.3, 0.4) is 0 Å². The number of aryl methyl sites for hydroxylation is 2. The Balaban J connectivity index is 1.53. The molecule has 0 spiro atoms. The number of hydrogen-bond acceptors (Lipinski definition) is 4. The van der Waals surface area contributed by atoms with E-state index in [1.165, 1.54) is 22.4 Å². The van der Waals surface area contributed by atoms with Crippen molar-refractivity contribution in [2.75, 3.05) is 18.9 Å². The quantitative estimate of drug-likeness (QED) is 0.829. The van der Waals surface area contributed by atoms with E-state index in [0.29, 0.717) is 18.5 Å². The summed E-state index contributed by atoms with van der Waals surface area (Å²) in [5.74, 6) is -0.0177. The van der Waals surface area contributed by atoms with E-state index in [4.69, 9.17) is 0 Å². The van der Waals surface area contributed by atoms with Gasteiger partial charge in [-0.05, 0) is 50.8 Å². The number of carbonyl (C=O) groups excluding carboxylic acids is 1. The van der Waals surface area contributed by atoms with Crippen LogP contribution >= 0.6 is 11.3 Å². The highest BCUT2D eigenvalue weighted by atomic mass is 32.1. The van der Waals surface area contributed by atoms with E-state index in [2.05, 4.69) is 47.5 Å². The molecule has 5 heteroatoms. The normalized spacial score (nSPS) is 13.3. The topological polar surface area (TPSA) is 56.1 Å². The van der Waals surface area contributed by atoms with Crippen LogP contribution < -0.4 is 5.32 Å². The first kappa shape index (κ1) is 18.6. The summed E-state index contributed by atoms with van der Waals surface area (Å²) < 4.78 is 0. The van der Waals surface area contributed by atoms with Crippen LogP contribution in [0.4, 0.5) is 5.00 Å². The second-order valence-corrected chi connectivity index (χ2v) is 8.15. The van der Waals surface area contributed by atoms with Gasteiger partial charge in [0.25, 0.3) is 0 Å². The Hall–Kier alpha value is -2.16. The van der Waals surface area contributed by atoms with Gasteiger partial charge in [0.05, 0.1) is 5.56 Å². The fourth-order valence-corrected chi connectivity index (χ4v) is 4.59. The zero-order valence-electron chi connectivity index (χ0n) is 15.5. The van der Waals surface area contributed by atoms with Crippen LogP contribution in [-0.2, 0) is 24.2 Å². The van der Waals surface area contributed by atoms with Crippen molar-refractivity contribution in [1.82, 2.24) is 4.90 Å². The number of amides is 1. The lowest BCUT2D eigenvalue weighted by molar-refractivity contribution is -0.116. The summed E-state index contributed by atoms with van der Waals surface area (Å²) in [7, 11) is 2.03. The molecule has 3 rings (SSSR count). The Morgan fingerprint density at radius 2 is 2.00 bits per heavy atom. The number of carbonyl (C=O) groups is 1. The molecule has 0 atom stereocenters. The minimum absolute atomic E-state index is 0.0177. The van der Waals surface area contributed by atoms with Gasteiger partial charge in [-0.2, -0.15) is 5.26 Å². The first-order valence-electron chi connectivity index (χ1n) is 9.15. The Morgan fingerprint density at radius 3 is 2.73 bits per heavy atom. The predicted molar refractivity (Wildman–Crippen MR) is 106 cm³/mol. The minimum Gasteiger partial charge on any atom is -0.317 e. The molecule has 1 N–H and O–H groups in total. The highest BCUT2D eigenvalue weighted by Crippen LogP contribution is 2.37. The van der Waals surface area contributed by atoms with Crippen molar-refractivity contribution in [2.24, 2.45) is 0 Å². The minimum atomic E-state index is -0.0177. The first-order chi connectivity index (χ1) is 12.6. The molecule has 1 aliphatic carbocycles. The van der Waals surface area contributed by atoms with Gasteiger partial charge >= 0.3 is 0 Å². The van der Waals surface area contributed by atoms with Crippen molar-refractivity contribution in [3.05, 3.63) is 51.4 Å². The fourth-order valence-electron chi connectivity index (χ4n) is 3.34. The van der Waals surface area contributed by atoms with E-state index in [0.717, 1.165) is 36.4 Å². The standard InChI is InChI=1S/C21H25N3OS/c1-15-7-9-16(10-8-15)14-24(2)12-11-20(25)23-21-18(13-22)17-5-3-4-6-19(17)26-21/h7-10H,3-6,11-12,14H2,1-2H3,(H,23,25). The maximum atomic E-state index is 12.4. The third-order valence-corrected chi connectivity index (χ3v) is 6.04. The molecule has 0 unspecified atom stereocenters. The van der Waals surface area contributed by atoms with Gasteiger partial charge in [-0.3, -0.25) is 4.79 Å². The van der Waals surface area contributed by atoms with Crippen LogP contribution in [-0.4, -0.2) is 24.4 Å². The van der Waals surface area contributed by atoms with Gasteiger partial charge in [-0.15, -0.1) is 11.3 Å². The van der Waals surface area contributed by atoms with E-state index >= 15 is 0 Å². The molecule has 0 aliphatic heterocycles. The van der Waals surface area contributed by atoms with E-state index in [1.54, 1.807) is 11.3 Å². The van der Waals surface area contributed by atoms with E-state index in [-0.39, 0.29) is 5.91 Å². The average Bonchev–Trinajstić information content (AvgIpc) is 2.99. The van der Waals surface area contributed by atoms with Crippen LogP contribution in [0.2, 0.25) is 0 Å². The van der Waals surface area contributed by atoms with Crippen LogP contribution in [0.15, 0.2) is 24.3 Å². The Kier molecular flexibility index (Phi) is 6.08. The summed E-state index contributed by atoms with van der Waals surface area (Å²) in [5.41, 5.74) is 4.35. The number of hydrogen-bond donors (Lipinski definition) is 1. The molecule has 0 bridgehead atoms. The second kappa shape index (κ2) is 8.48. The Bertz CT molecular complexity index is 817. The summed E-state index contributed by atoms with van der Waals surface area (Å²) in [6.45, 7) is 3.59. The summed E-state index contributed by atoms with van der Waals surface area (Å²) in [6, 6.07) is 10.8. The number of rotatable bonds is 6. The van der Waals surface area contributed by atoms with Crippen molar-refractivity contribution in [2.45, 2.75) is 45.6 Å². The molecule has 2 aromatic rings. The molecule has 0 saturated heterocycles. The molecular formula is C21H25N3OS. The lowest BCUT2D eigenvalue weighted by Crippen LogP contribution is -2.24. The lowest BCUT2D eigenvalue weighted by Gasteiger charge is -2.16. The van der Waals surface area contributed by atoms with Crippen LogP contribution in [0.1, 0.15) is 46.4 Å². The predicted octanol–water partition coefficient (Wildman–Crippen LogP) is 4.27. The molecule has 0 radical (unpaired) electrons. The largest absolute Gasteiger partial charge is 0.317 e. The summed E-state index contributed by atoms with van der Waals surface area (Å²) in [5, 5.41) is 13.2. The summed E-state index contributed by atoms with van der Waals surface area (Å²) in [6.07, 6.45) is 4.73. The molecule has 4 nitrogen and oxygen atoms in total. The van der Waals surface area contributed by atoms with E-state index < -0.39 is 0 Å². The van der Waals surface area contributed by atoms with Crippen molar-refractivity contribution in [1.29, 1.82) is 5.26 Å². The molecular weight excluding hydrogens is 342 g/mol. The number of nitrogens with one attached hydrogen (secondary N) is 1. The molecule has 26 heavy (non-hydrogen) atoms. The second-order valence-electron chi connectivity index (χ2n) is 7.05. The van der Waals surface area contributed by atoms with Crippen LogP contribution in [0, 0.1) is 18.3 Å². The molecule has 1 heterocycles. The third-order valence-electron chi connectivity index (χ3n) is 4.83. The zero-order chi connectivity index (χ0) is 18.5. The number of nitriles is 1. The van der Waals surface area contributed by atoms with Gasteiger partial charge in [0, 0.05) is 24.4 Å². The van der Waals surface area contributed by atoms with Crippen LogP contribution in [0.5, 0.6) is 0 Å². The van der Waals surface area contributed by atoms with Gasteiger partial charge in [0.15, 0.2) is 0 Å². The van der Waals surface area contributed by atoms with Crippen molar-refractivity contribution < 1.29 is 4.79 Å². The Morgan fingerprint density at radius 1 is 1.27 bits per heavy atom. The molecule has 1 aromatic heterocycles. The highest BCUT2D eigenvalue weighted by Gasteiger charge is 2.21. The number of fused-ring (bicyclic) bond motifs is 1. The number of benzene rings is 1. The van der Waals surface area contributed by atoms with E-state index in [9.17, 15) is 10.1 Å². The lowest BCUT2D eigenvalue weighted by atomic mass is 9.96. The van der Waals surface area contributed by atoms with Crippen LogP contribution in [0.25, 0.3) is 0 Å². The third kappa shape index (κ3) is 4.51. The maximum absolute atomic E-state index is 12.4. The number of nitrogens with zero attached hydrogens (tertiary/aromatic N) is 2. The molecule has 1 amide bonds. The molecule has 0 saturated carbocycles. The van der Waals surface area contributed by atoms with Gasteiger partial charge in [0.2, 0.25) is 5.91 Å². The van der Waals surface area contributed by atoms with E-state index in [1.807, 2.05) is 7.05 Å². The van der Waals surface area contributed by atoms with Gasteiger partial charge in [0.1, 0.15) is 11.1 Å². The van der Waals surface area contributed by atoms with Crippen molar-refractivity contribution in [3.63, 3.8) is 0 Å². The van der Waals surface area contributed by atoms with Gasteiger partial charge < -0.3 is 10.2 Å². The zero-order valence-corrected chi connectivity index (χ0v) is 16.3. The maximum Gasteiger partial charge on any atom is 0.226 e. The number of anilines is 1. The summed E-state index contributed by atoms with van der Waals surface area (Å²) in [4.78, 5) is 15.8. The Labute approximate surface area is 159 Å². The van der Waals surface area contributed by atoms with Crippen molar-refractivity contribution in [3.8, 4) is 6.07 Å². The average molecular weight is 368 g/mol. The molecule has 1 aliphatic rings. The van der Waals surface area contributed by atoms with Gasteiger partial charge in [-0.1, -0.05) is 29.8 Å². The monoisotopic (exact) mass is 367 g/mol. The molecule has 136 valence electrons. The van der Waals surface area contributed by atoms with Crippen molar-refractivity contribution >= 4 is 22.2 Å². The van der Waals surface area contributed by atoms with Gasteiger partial charge in [-0.25, -0.2) is 0 Å². The first-order valence-corrected chi connectivity index (χ1v) is 9.97. The smallest absolute Gasteiger partial charge is 0.226 e. The SMILES string of the molecule is Cc1ccc(CN(C)CCC(=O)Nc2sc3c(c2C#N)CCCC3)cc1. The molecule has 1 aromatic carbocycles. The fraction of sp³-hybridized carbons (Fsp3) is 0.429. The number of thiophene rings is 1. The molecule has 0 fully saturated rings.